The summed E-state index contributed by atoms with van der Waals surface area (Å²) in [6.07, 6.45) is 0.723. The molecule has 1 heterocycles. The van der Waals surface area contributed by atoms with Crippen LogP contribution >= 0.6 is 34.8 Å². The number of nitrogen functional groups attached to an aromatic ring is 1. The molecular weight excluding hydrogens is 232 g/mol. The van der Waals surface area contributed by atoms with Crippen LogP contribution < -0.4 is 5.73 Å². The van der Waals surface area contributed by atoms with E-state index in [2.05, 4.69) is 9.97 Å². The molecule has 72 valence electrons. The number of hydrogen-bond acceptors (Lipinski definition) is 3. The first-order valence-corrected chi connectivity index (χ1v) is 4.77. The minimum Gasteiger partial charge on any atom is -0.384 e. The Kier molecular flexibility index (Phi) is 3.22. The van der Waals surface area contributed by atoms with Gasteiger partial charge in [-0.25, -0.2) is 9.97 Å². The fraction of sp³-hybridized carbons (Fsp3) is 0.429. The van der Waals surface area contributed by atoms with Gasteiger partial charge in [0.2, 0.25) is 3.79 Å². The number of nitrogens with zero attached hydrogens (tertiary/aromatic N) is 2. The summed E-state index contributed by atoms with van der Waals surface area (Å²) in [6.45, 7) is 1.93. The average molecular weight is 241 g/mol. The van der Waals surface area contributed by atoms with Crippen molar-refractivity contribution in [3.8, 4) is 0 Å². The Morgan fingerprint density at radius 3 is 2.46 bits per heavy atom. The average Bonchev–Trinajstić information content (AvgIpc) is 2.01. The second kappa shape index (κ2) is 3.86. The van der Waals surface area contributed by atoms with Crippen molar-refractivity contribution in [2.75, 3.05) is 5.73 Å². The van der Waals surface area contributed by atoms with Crippen molar-refractivity contribution in [1.82, 2.24) is 9.97 Å². The molecule has 0 aliphatic rings. The first-order chi connectivity index (χ1) is 5.93. The number of aromatic nitrogens is 2. The molecular formula is C7H8Cl3N3. The third-order valence-corrected chi connectivity index (χ3v) is 1.92. The summed E-state index contributed by atoms with van der Waals surface area (Å²) in [7, 11) is 0. The Morgan fingerprint density at radius 2 is 2.00 bits per heavy atom. The fourth-order valence-electron chi connectivity index (χ4n) is 0.826. The Morgan fingerprint density at radius 1 is 1.38 bits per heavy atom. The van der Waals surface area contributed by atoms with Crippen molar-refractivity contribution in [2.24, 2.45) is 0 Å². The fourth-order valence-corrected chi connectivity index (χ4v) is 1.08. The predicted molar refractivity (Wildman–Crippen MR) is 55.1 cm³/mol. The van der Waals surface area contributed by atoms with Gasteiger partial charge in [0.15, 0.2) is 5.82 Å². The van der Waals surface area contributed by atoms with Crippen LogP contribution in [0.15, 0.2) is 6.07 Å². The van der Waals surface area contributed by atoms with Crippen molar-refractivity contribution < 1.29 is 0 Å². The Hall–Kier alpha value is -0.250. The van der Waals surface area contributed by atoms with E-state index in [1.54, 1.807) is 6.07 Å². The van der Waals surface area contributed by atoms with Crippen molar-refractivity contribution in [1.29, 1.82) is 0 Å². The Bertz CT molecular complexity index is 308. The number of rotatable bonds is 1. The molecule has 0 aliphatic heterocycles. The molecule has 0 amide bonds. The molecule has 0 aliphatic carbocycles. The Balaban J connectivity index is 3.16. The van der Waals surface area contributed by atoms with E-state index in [1.807, 2.05) is 6.92 Å². The summed E-state index contributed by atoms with van der Waals surface area (Å²) in [5, 5.41) is 0. The topological polar surface area (TPSA) is 51.8 Å². The van der Waals surface area contributed by atoms with Gasteiger partial charge in [-0.3, -0.25) is 0 Å². The number of halogens is 3. The SMILES string of the molecule is CCc1cc(N)nc(C(Cl)(Cl)Cl)n1. The van der Waals surface area contributed by atoms with E-state index in [-0.39, 0.29) is 5.82 Å². The lowest BCUT2D eigenvalue weighted by Crippen LogP contribution is -2.10. The highest BCUT2D eigenvalue weighted by Gasteiger charge is 2.27. The summed E-state index contributed by atoms with van der Waals surface area (Å²) in [5.41, 5.74) is 6.26. The van der Waals surface area contributed by atoms with E-state index in [1.165, 1.54) is 0 Å². The number of nitrogens with two attached hydrogens (primary N) is 1. The summed E-state index contributed by atoms with van der Waals surface area (Å²) >= 11 is 16.8. The van der Waals surface area contributed by atoms with Gasteiger partial charge in [-0.15, -0.1) is 0 Å². The molecule has 2 N–H and O–H groups in total. The van der Waals surface area contributed by atoms with Crippen molar-refractivity contribution in [3.63, 3.8) is 0 Å². The van der Waals surface area contributed by atoms with E-state index >= 15 is 0 Å². The van der Waals surface area contributed by atoms with E-state index in [0.29, 0.717) is 5.82 Å². The minimum atomic E-state index is -1.61. The maximum atomic E-state index is 5.61. The molecule has 0 aromatic carbocycles. The van der Waals surface area contributed by atoms with Gasteiger partial charge in [-0.2, -0.15) is 0 Å². The van der Waals surface area contributed by atoms with E-state index in [9.17, 15) is 0 Å². The molecule has 0 saturated carbocycles. The highest BCUT2D eigenvalue weighted by Crippen LogP contribution is 2.36. The molecule has 0 spiro atoms. The molecule has 0 unspecified atom stereocenters. The molecule has 0 radical (unpaired) electrons. The summed E-state index contributed by atoms with van der Waals surface area (Å²) in [5.74, 6) is 0.433. The number of alkyl halides is 3. The zero-order chi connectivity index (χ0) is 10.1. The molecule has 1 aromatic rings. The monoisotopic (exact) mass is 239 g/mol. The van der Waals surface area contributed by atoms with Crippen LogP contribution in [0.3, 0.4) is 0 Å². The maximum Gasteiger partial charge on any atom is 0.250 e. The lowest BCUT2D eigenvalue weighted by Gasteiger charge is -2.10. The molecule has 0 fully saturated rings. The van der Waals surface area contributed by atoms with E-state index in [0.717, 1.165) is 12.1 Å². The largest absolute Gasteiger partial charge is 0.384 e. The highest BCUT2D eigenvalue weighted by molar-refractivity contribution is 6.66. The van der Waals surface area contributed by atoms with E-state index in [4.69, 9.17) is 40.5 Å². The third kappa shape index (κ3) is 2.86. The maximum absolute atomic E-state index is 5.61. The number of anilines is 1. The second-order valence-electron chi connectivity index (χ2n) is 2.46. The van der Waals surface area contributed by atoms with Crippen LogP contribution in [-0.2, 0) is 10.2 Å². The molecule has 0 saturated heterocycles. The van der Waals surface area contributed by atoms with Gasteiger partial charge < -0.3 is 5.73 Å². The highest BCUT2D eigenvalue weighted by atomic mass is 35.6. The van der Waals surface area contributed by atoms with Crippen LogP contribution in [0.5, 0.6) is 0 Å². The molecule has 3 nitrogen and oxygen atoms in total. The summed E-state index contributed by atoms with van der Waals surface area (Å²) in [6, 6.07) is 1.65. The van der Waals surface area contributed by atoms with Crippen molar-refractivity contribution in [2.45, 2.75) is 17.1 Å². The van der Waals surface area contributed by atoms with Crippen molar-refractivity contribution >= 4 is 40.6 Å². The van der Waals surface area contributed by atoms with Crippen molar-refractivity contribution in [3.05, 3.63) is 17.6 Å². The molecule has 6 heteroatoms. The first-order valence-electron chi connectivity index (χ1n) is 3.64. The molecule has 0 bridgehead atoms. The summed E-state index contributed by atoms with van der Waals surface area (Å²) < 4.78 is -1.61. The molecule has 0 atom stereocenters. The standard InChI is InChI=1S/C7H8Cl3N3/c1-2-4-3-5(11)13-6(12-4)7(8,9)10/h3H,2H2,1H3,(H2,11,12,13). The quantitative estimate of drug-likeness (QED) is 0.767. The predicted octanol–water partition coefficient (Wildman–Crippen LogP) is 2.45. The lowest BCUT2D eigenvalue weighted by molar-refractivity contribution is 0.910. The van der Waals surface area contributed by atoms with Gasteiger partial charge in [0.25, 0.3) is 0 Å². The van der Waals surface area contributed by atoms with Gasteiger partial charge in [0.05, 0.1) is 0 Å². The van der Waals surface area contributed by atoms with Gasteiger partial charge >= 0.3 is 0 Å². The summed E-state index contributed by atoms with van der Waals surface area (Å²) in [4.78, 5) is 7.86. The van der Waals surface area contributed by atoms with Crippen LogP contribution in [-0.4, -0.2) is 9.97 Å². The van der Waals surface area contributed by atoms with Gasteiger partial charge in [-0.1, -0.05) is 41.7 Å². The van der Waals surface area contributed by atoms with Gasteiger partial charge in [0.1, 0.15) is 5.82 Å². The van der Waals surface area contributed by atoms with Crippen LogP contribution in [0.2, 0.25) is 0 Å². The Labute approximate surface area is 91.2 Å². The van der Waals surface area contributed by atoms with Gasteiger partial charge in [-0.05, 0) is 6.42 Å². The number of hydrogen-bond donors (Lipinski definition) is 1. The smallest absolute Gasteiger partial charge is 0.250 e. The van der Waals surface area contributed by atoms with Crippen LogP contribution in [0.1, 0.15) is 18.4 Å². The van der Waals surface area contributed by atoms with Crippen LogP contribution in [0.4, 0.5) is 5.82 Å². The zero-order valence-corrected chi connectivity index (χ0v) is 9.16. The third-order valence-electron chi connectivity index (χ3n) is 1.41. The van der Waals surface area contributed by atoms with Crippen LogP contribution in [0.25, 0.3) is 0 Å². The van der Waals surface area contributed by atoms with Crippen LogP contribution in [0, 0.1) is 0 Å². The second-order valence-corrected chi connectivity index (χ2v) is 4.74. The molecule has 1 aromatic heterocycles. The lowest BCUT2D eigenvalue weighted by atomic mass is 10.3. The zero-order valence-electron chi connectivity index (χ0n) is 6.89. The molecule has 13 heavy (non-hydrogen) atoms. The van der Waals surface area contributed by atoms with E-state index < -0.39 is 3.79 Å². The minimum absolute atomic E-state index is 0.120. The normalized spacial score (nSPS) is 11.7. The molecule has 1 rings (SSSR count). The first kappa shape index (κ1) is 10.8. The number of aryl methyl sites for hydroxylation is 1. The van der Waals surface area contributed by atoms with Gasteiger partial charge in [0, 0.05) is 11.8 Å².